The molecule has 1 saturated heterocycles. The summed E-state index contributed by atoms with van der Waals surface area (Å²) in [4.78, 5) is 65.9. The molecule has 36 heavy (non-hydrogen) atoms. The zero-order chi connectivity index (χ0) is 26.2. The molecule has 4 N–H and O–H groups in total. The average Bonchev–Trinajstić information content (AvgIpc) is 3.37. The van der Waals surface area contributed by atoms with Crippen LogP contribution in [0.2, 0.25) is 0 Å². The fourth-order valence-electron chi connectivity index (χ4n) is 5.24. The van der Waals surface area contributed by atoms with Gasteiger partial charge >= 0.3 is 0 Å². The number of nitrogens with one attached hydrogen (secondary N) is 2. The molecule has 2 aromatic rings. The third kappa shape index (κ3) is 4.36. The standard InChI is InChI=1S/C27H30N4O5/c1-15(2)12-21(29-24(34)18-9-5-4-8-17(18)16(3)32)25(35)31-14-27(13-22(31)23(28)33)19-10-6-7-11-20(19)30-26(27)36/h4-11,15,21-22H,12-14H2,1-3H3,(H2,28,33)(H,29,34)(H,30,36)/t21-,22?,27-/m0/s1. The van der Waals surface area contributed by atoms with Gasteiger partial charge in [-0.1, -0.05) is 50.2 Å². The molecule has 1 spiro atoms. The smallest absolute Gasteiger partial charge is 0.252 e. The quantitative estimate of drug-likeness (QED) is 0.510. The Morgan fingerprint density at radius 2 is 1.72 bits per heavy atom. The van der Waals surface area contributed by atoms with Gasteiger partial charge in [0.1, 0.15) is 12.1 Å². The summed E-state index contributed by atoms with van der Waals surface area (Å²) in [6, 6.07) is 11.6. The van der Waals surface area contributed by atoms with Gasteiger partial charge in [-0.05, 0) is 43.4 Å². The number of fused-ring (bicyclic) bond motifs is 2. The number of primary amides is 1. The maximum Gasteiger partial charge on any atom is 0.252 e. The molecule has 0 radical (unpaired) electrons. The molecule has 2 aromatic carbocycles. The Morgan fingerprint density at radius 3 is 2.36 bits per heavy atom. The first-order chi connectivity index (χ1) is 17.0. The number of ketones is 1. The molecular formula is C27H30N4O5. The molecule has 2 heterocycles. The fourth-order valence-corrected chi connectivity index (χ4v) is 5.24. The number of benzene rings is 2. The molecule has 3 atom stereocenters. The molecule has 0 saturated carbocycles. The van der Waals surface area contributed by atoms with E-state index in [9.17, 15) is 24.0 Å². The summed E-state index contributed by atoms with van der Waals surface area (Å²) in [5, 5.41) is 5.62. The van der Waals surface area contributed by atoms with Gasteiger partial charge in [-0.25, -0.2) is 0 Å². The van der Waals surface area contributed by atoms with E-state index in [1.807, 2.05) is 19.9 Å². The summed E-state index contributed by atoms with van der Waals surface area (Å²) in [5.41, 5.74) is 6.38. The number of hydrogen-bond donors (Lipinski definition) is 3. The van der Waals surface area contributed by atoms with Gasteiger partial charge in [-0.2, -0.15) is 0 Å². The van der Waals surface area contributed by atoms with Gasteiger partial charge in [-0.15, -0.1) is 0 Å². The molecule has 9 nitrogen and oxygen atoms in total. The van der Waals surface area contributed by atoms with Crippen LogP contribution in [0.3, 0.4) is 0 Å². The van der Waals surface area contributed by atoms with E-state index in [4.69, 9.17) is 5.73 Å². The van der Waals surface area contributed by atoms with E-state index in [-0.39, 0.29) is 41.7 Å². The number of rotatable bonds is 7. The highest BCUT2D eigenvalue weighted by Gasteiger charge is 2.57. The van der Waals surface area contributed by atoms with Gasteiger partial charge in [-0.3, -0.25) is 24.0 Å². The summed E-state index contributed by atoms with van der Waals surface area (Å²) in [6.07, 6.45) is 0.358. The number of likely N-dealkylation sites (tertiary alicyclic amines) is 1. The van der Waals surface area contributed by atoms with Crippen LogP contribution >= 0.6 is 0 Å². The van der Waals surface area contributed by atoms with Crippen LogP contribution < -0.4 is 16.4 Å². The van der Waals surface area contributed by atoms with Gasteiger partial charge in [0.25, 0.3) is 5.91 Å². The van der Waals surface area contributed by atoms with Crippen molar-refractivity contribution in [2.75, 3.05) is 11.9 Å². The molecule has 1 fully saturated rings. The van der Waals surface area contributed by atoms with Crippen LogP contribution in [-0.2, 0) is 19.8 Å². The van der Waals surface area contributed by atoms with E-state index in [1.165, 1.54) is 17.9 Å². The summed E-state index contributed by atoms with van der Waals surface area (Å²) >= 11 is 0. The Morgan fingerprint density at radius 1 is 1.08 bits per heavy atom. The SMILES string of the molecule is CC(=O)c1ccccc1C(=O)N[C@@H](CC(C)C)C(=O)N1C[C@]2(CC1C(N)=O)C(=O)Nc1ccccc12. The molecule has 1 unspecified atom stereocenters. The summed E-state index contributed by atoms with van der Waals surface area (Å²) < 4.78 is 0. The minimum atomic E-state index is -1.10. The highest BCUT2D eigenvalue weighted by atomic mass is 16.2. The van der Waals surface area contributed by atoms with Crippen molar-refractivity contribution in [3.05, 3.63) is 65.2 Å². The molecular weight excluding hydrogens is 460 g/mol. The number of amides is 4. The van der Waals surface area contributed by atoms with Crippen molar-refractivity contribution in [1.82, 2.24) is 10.2 Å². The van der Waals surface area contributed by atoms with E-state index in [2.05, 4.69) is 10.6 Å². The van der Waals surface area contributed by atoms with Crippen LogP contribution in [0.5, 0.6) is 0 Å². The minimum absolute atomic E-state index is 0.0291. The van der Waals surface area contributed by atoms with Crippen molar-refractivity contribution in [3.8, 4) is 0 Å². The second-order valence-corrected chi connectivity index (χ2v) is 9.93. The lowest BCUT2D eigenvalue weighted by Crippen LogP contribution is -2.53. The summed E-state index contributed by atoms with van der Waals surface area (Å²) in [5.74, 6) is -2.29. The van der Waals surface area contributed by atoms with E-state index in [1.54, 1.807) is 36.4 Å². The van der Waals surface area contributed by atoms with E-state index < -0.39 is 35.2 Å². The second kappa shape index (κ2) is 9.56. The van der Waals surface area contributed by atoms with Crippen LogP contribution in [0.15, 0.2) is 48.5 Å². The first-order valence-electron chi connectivity index (χ1n) is 12.0. The molecule has 0 aliphatic carbocycles. The lowest BCUT2D eigenvalue weighted by molar-refractivity contribution is -0.139. The minimum Gasteiger partial charge on any atom is -0.368 e. The maximum absolute atomic E-state index is 13.8. The van der Waals surface area contributed by atoms with Crippen LogP contribution in [0.4, 0.5) is 5.69 Å². The molecule has 9 heteroatoms. The predicted molar refractivity (Wildman–Crippen MR) is 133 cm³/mol. The first kappa shape index (κ1) is 25.1. The fraction of sp³-hybridized carbons (Fsp3) is 0.370. The Kier molecular flexibility index (Phi) is 6.67. The third-order valence-corrected chi connectivity index (χ3v) is 6.96. The number of carbonyl (C=O) groups excluding carboxylic acids is 5. The molecule has 4 rings (SSSR count). The zero-order valence-corrected chi connectivity index (χ0v) is 20.5. The van der Waals surface area contributed by atoms with Crippen molar-refractivity contribution in [3.63, 3.8) is 0 Å². The predicted octanol–water partition coefficient (Wildman–Crippen LogP) is 2.01. The van der Waals surface area contributed by atoms with Crippen molar-refractivity contribution in [2.45, 2.75) is 51.1 Å². The Labute approximate surface area is 209 Å². The van der Waals surface area contributed by atoms with Gasteiger partial charge < -0.3 is 21.3 Å². The molecule has 188 valence electrons. The number of nitrogens with zero attached hydrogens (tertiary/aromatic N) is 1. The van der Waals surface area contributed by atoms with Gasteiger partial charge in [0.05, 0.1) is 11.0 Å². The normalized spacial score (nSPS) is 21.3. The highest BCUT2D eigenvalue weighted by molar-refractivity contribution is 6.09. The maximum atomic E-state index is 13.8. The van der Waals surface area contributed by atoms with Gasteiger partial charge in [0.2, 0.25) is 17.7 Å². The number of nitrogens with two attached hydrogens (primary N) is 1. The molecule has 2 aliphatic heterocycles. The van der Waals surface area contributed by atoms with Crippen LogP contribution in [0, 0.1) is 5.92 Å². The summed E-state index contributed by atoms with van der Waals surface area (Å²) in [7, 11) is 0. The Bertz CT molecular complexity index is 1260. The van der Waals surface area contributed by atoms with Gasteiger partial charge in [0.15, 0.2) is 5.78 Å². The van der Waals surface area contributed by atoms with Crippen molar-refractivity contribution < 1.29 is 24.0 Å². The Balaban J connectivity index is 1.66. The zero-order valence-electron chi connectivity index (χ0n) is 20.5. The van der Waals surface area contributed by atoms with Crippen LogP contribution in [-0.4, -0.2) is 52.9 Å². The largest absolute Gasteiger partial charge is 0.368 e. The highest BCUT2D eigenvalue weighted by Crippen LogP contribution is 2.46. The van der Waals surface area contributed by atoms with Crippen LogP contribution in [0.25, 0.3) is 0 Å². The first-order valence-corrected chi connectivity index (χ1v) is 12.0. The second-order valence-electron chi connectivity index (χ2n) is 9.93. The summed E-state index contributed by atoms with van der Waals surface area (Å²) in [6.45, 7) is 5.16. The molecule has 0 aromatic heterocycles. The lowest BCUT2D eigenvalue weighted by Gasteiger charge is -2.29. The molecule has 4 amide bonds. The van der Waals surface area contributed by atoms with E-state index >= 15 is 0 Å². The van der Waals surface area contributed by atoms with Crippen LogP contribution in [0.1, 0.15) is 59.9 Å². The number of para-hydroxylation sites is 1. The van der Waals surface area contributed by atoms with Crippen molar-refractivity contribution in [1.29, 1.82) is 0 Å². The number of Topliss-reactive ketones (excluding diaryl/α,β-unsaturated/α-hetero) is 1. The lowest BCUT2D eigenvalue weighted by atomic mass is 9.79. The molecule has 2 aliphatic rings. The molecule has 0 bridgehead atoms. The Hall–Kier alpha value is -4.01. The van der Waals surface area contributed by atoms with Crippen molar-refractivity contribution >= 4 is 35.1 Å². The van der Waals surface area contributed by atoms with E-state index in [0.29, 0.717) is 12.1 Å². The monoisotopic (exact) mass is 490 g/mol. The third-order valence-electron chi connectivity index (χ3n) is 6.96. The number of carbonyl (C=O) groups is 5. The number of hydrogen-bond acceptors (Lipinski definition) is 5. The van der Waals surface area contributed by atoms with E-state index in [0.717, 1.165) is 5.56 Å². The van der Waals surface area contributed by atoms with Gasteiger partial charge in [0, 0.05) is 17.8 Å². The topological polar surface area (TPSA) is 139 Å². The van der Waals surface area contributed by atoms with Crippen molar-refractivity contribution in [2.24, 2.45) is 11.7 Å². The number of anilines is 1. The average molecular weight is 491 g/mol.